The fourth-order valence-corrected chi connectivity index (χ4v) is 1.77. The second-order valence-corrected chi connectivity index (χ2v) is 3.96. The van der Waals surface area contributed by atoms with Crippen molar-refractivity contribution in [3.8, 4) is 0 Å². The minimum absolute atomic E-state index is 0.0869. The molecule has 0 fully saturated rings. The smallest absolute Gasteiger partial charge is 0.311 e. The maximum Gasteiger partial charge on any atom is 0.345 e. The minimum Gasteiger partial charge on any atom is -0.311 e. The summed E-state index contributed by atoms with van der Waals surface area (Å²) in [5, 5.41) is 7.25. The van der Waals surface area contributed by atoms with Crippen molar-refractivity contribution < 1.29 is 0 Å². The zero-order valence-corrected chi connectivity index (χ0v) is 10.00. The monoisotopic (exact) mass is 232 g/mol. The Kier molecular flexibility index (Phi) is 3.39. The Bertz CT molecular complexity index is 529. The highest BCUT2D eigenvalue weighted by Crippen LogP contribution is 2.12. The van der Waals surface area contributed by atoms with Crippen molar-refractivity contribution in [3.63, 3.8) is 0 Å². The third kappa shape index (κ3) is 2.45. The van der Waals surface area contributed by atoms with Gasteiger partial charge in [-0.15, -0.1) is 0 Å². The molecule has 0 amide bonds. The molecule has 1 aromatic heterocycles. The second kappa shape index (κ2) is 4.97. The first-order valence-electron chi connectivity index (χ1n) is 5.53. The summed E-state index contributed by atoms with van der Waals surface area (Å²) in [5.74, 6) is 0. The van der Waals surface area contributed by atoms with Gasteiger partial charge in [0, 0.05) is 7.05 Å². The number of nitrogens with zero attached hydrogens (tertiary/aromatic N) is 3. The molecular weight excluding hydrogens is 216 g/mol. The van der Waals surface area contributed by atoms with E-state index in [0.717, 1.165) is 5.56 Å². The molecule has 0 saturated heterocycles. The van der Waals surface area contributed by atoms with Crippen LogP contribution in [0.1, 0.15) is 11.6 Å². The van der Waals surface area contributed by atoms with E-state index in [2.05, 4.69) is 10.4 Å². The lowest BCUT2D eigenvalue weighted by atomic mass is 10.1. The lowest BCUT2D eigenvalue weighted by Crippen LogP contribution is -2.30. The molecule has 90 valence electrons. The lowest BCUT2D eigenvalue weighted by molar-refractivity contribution is 0.455. The number of rotatable bonds is 4. The molecule has 2 aromatic rings. The summed E-state index contributed by atoms with van der Waals surface area (Å²) in [5.41, 5.74) is 1.05. The van der Waals surface area contributed by atoms with Crippen molar-refractivity contribution in [1.29, 1.82) is 0 Å². The Balaban J connectivity index is 2.22. The summed E-state index contributed by atoms with van der Waals surface area (Å²) in [6.07, 6.45) is 1.53. The van der Waals surface area contributed by atoms with Gasteiger partial charge in [-0.25, -0.2) is 9.48 Å². The number of nitrogens with one attached hydrogen (secondary N) is 1. The van der Waals surface area contributed by atoms with E-state index in [0.29, 0.717) is 6.54 Å². The van der Waals surface area contributed by atoms with Crippen molar-refractivity contribution in [1.82, 2.24) is 19.7 Å². The second-order valence-electron chi connectivity index (χ2n) is 3.96. The number of aromatic nitrogens is 3. The third-order valence-corrected chi connectivity index (χ3v) is 2.79. The summed E-state index contributed by atoms with van der Waals surface area (Å²) in [6, 6.07) is 10.1. The van der Waals surface area contributed by atoms with Gasteiger partial charge in [-0.1, -0.05) is 30.3 Å². The van der Waals surface area contributed by atoms with Crippen molar-refractivity contribution >= 4 is 0 Å². The predicted molar refractivity (Wildman–Crippen MR) is 65.7 cm³/mol. The molecule has 1 N–H and O–H groups in total. The van der Waals surface area contributed by atoms with Gasteiger partial charge in [0.05, 0.1) is 12.6 Å². The average molecular weight is 232 g/mol. The molecule has 0 aliphatic rings. The van der Waals surface area contributed by atoms with E-state index in [4.69, 9.17) is 0 Å². The molecule has 0 saturated carbocycles. The van der Waals surface area contributed by atoms with Crippen LogP contribution in [0, 0.1) is 0 Å². The Morgan fingerprint density at radius 1 is 1.35 bits per heavy atom. The van der Waals surface area contributed by atoms with E-state index >= 15 is 0 Å². The van der Waals surface area contributed by atoms with Crippen LogP contribution in [0.2, 0.25) is 0 Å². The molecule has 0 aliphatic heterocycles. The van der Waals surface area contributed by atoms with Crippen molar-refractivity contribution in [3.05, 3.63) is 52.7 Å². The predicted octanol–water partition coefficient (Wildman–Crippen LogP) is 0.542. The molecule has 1 aromatic carbocycles. The number of aryl methyl sites for hydroxylation is 1. The molecule has 1 unspecified atom stereocenters. The van der Waals surface area contributed by atoms with Gasteiger partial charge in [0.15, 0.2) is 0 Å². The van der Waals surface area contributed by atoms with Crippen LogP contribution in [0.15, 0.2) is 41.5 Å². The number of hydrogen-bond acceptors (Lipinski definition) is 3. The molecule has 5 nitrogen and oxygen atoms in total. The van der Waals surface area contributed by atoms with Gasteiger partial charge in [0.1, 0.15) is 6.33 Å². The standard InChI is InChI=1S/C12H16N4O/c1-13-11(10-6-4-3-5-7-10)8-16-12(17)15(2)9-14-16/h3-7,9,11,13H,8H2,1-2H3. The highest BCUT2D eigenvalue weighted by atomic mass is 16.2. The summed E-state index contributed by atoms with van der Waals surface area (Å²) in [4.78, 5) is 11.7. The van der Waals surface area contributed by atoms with E-state index < -0.39 is 0 Å². The molecule has 0 radical (unpaired) electrons. The zero-order valence-electron chi connectivity index (χ0n) is 10.00. The highest BCUT2D eigenvalue weighted by Gasteiger charge is 2.12. The summed E-state index contributed by atoms with van der Waals surface area (Å²) in [6.45, 7) is 0.528. The maximum atomic E-state index is 11.7. The molecule has 17 heavy (non-hydrogen) atoms. The topological polar surface area (TPSA) is 51.9 Å². The van der Waals surface area contributed by atoms with Gasteiger partial charge in [-0.2, -0.15) is 5.10 Å². The van der Waals surface area contributed by atoms with Gasteiger partial charge >= 0.3 is 5.69 Å². The van der Waals surface area contributed by atoms with Crippen LogP contribution in [-0.2, 0) is 13.6 Å². The summed E-state index contributed by atoms with van der Waals surface area (Å²) in [7, 11) is 3.58. The number of hydrogen-bond donors (Lipinski definition) is 1. The van der Waals surface area contributed by atoms with Crippen molar-refractivity contribution in [2.75, 3.05) is 7.05 Å². The largest absolute Gasteiger partial charge is 0.345 e. The van der Waals surface area contributed by atoms with E-state index in [1.54, 1.807) is 7.05 Å². The van der Waals surface area contributed by atoms with Crippen LogP contribution >= 0.6 is 0 Å². The van der Waals surface area contributed by atoms with E-state index in [9.17, 15) is 4.79 Å². The van der Waals surface area contributed by atoms with Crippen LogP contribution < -0.4 is 11.0 Å². The Morgan fingerprint density at radius 2 is 2.06 bits per heavy atom. The van der Waals surface area contributed by atoms with Gasteiger partial charge in [-0.05, 0) is 12.6 Å². The first-order chi connectivity index (χ1) is 8.22. The maximum absolute atomic E-state index is 11.7. The fourth-order valence-electron chi connectivity index (χ4n) is 1.77. The summed E-state index contributed by atoms with van der Waals surface area (Å²) >= 11 is 0. The van der Waals surface area contributed by atoms with Gasteiger partial charge in [0.2, 0.25) is 0 Å². The molecule has 0 aliphatic carbocycles. The van der Waals surface area contributed by atoms with Crippen molar-refractivity contribution in [2.24, 2.45) is 7.05 Å². The summed E-state index contributed by atoms with van der Waals surface area (Å²) < 4.78 is 2.94. The first kappa shape index (κ1) is 11.6. The van der Waals surface area contributed by atoms with E-state index in [1.807, 2.05) is 37.4 Å². The Labute approximate surface area is 99.7 Å². The van der Waals surface area contributed by atoms with Crippen LogP contribution in [0.5, 0.6) is 0 Å². The first-order valence-corrected chi connectivity index (χ1v) is 5.53. The minimum atomic E-state index is -0.0961. The Morgan fingerprint density at radius 3 is 2.59 bits per heavy atom. The van der Waals surface area contributed by atoms with Crippen LogP contribution in [0.25, 0.3) is 0 Å². The van der Waals surface area contributed by atoms with Gasteiger partial charge < -0.3 is 5.32 Å². The number of benzene rings is 1. The molecule has 1 atom stereocenters. The van der Waals surface area contributed by atoms with E-state index in [1.165, 1.54) is 15.6 Å². The third-order valence-electron chi connectivity index (χ3n) is 2.79. The quantitative estimate of drug-likeness (QED) is 0.837. The normalized spacial score (nSPS) is 12.6. The molecule has 0 spiro atoms. The SMILES string of the molecule is CNC(Cn1ncn(C)c1=O)c1ccccc1. The molecule has 2 rings (SSSR count). The molecule has 1 heterocycles. The Hall–Kier alpha value is -1.88. The lowest BCUT2D eigenvalue weighted by Gasteiger charge is -2.15. The molecule has 0 bridgehead atoms. The van der Waals surface area contributed by atoms with Gasteiger partial charge in [-0.3, -0.25) is 4.57 Å². The van der Waals surface area contributed by atoms with Crippen LogP contribution in [0.4, 0.5) is 0 Å². The fraction of sp³-hybridized carbons (Fsp3) is 0.333. The van der Waals surface area contributed by atoms with Crippen LogP contribution in [-0.4, -0.2) is 21.4 Å². The van der Waals surface area contributed by atoms with Crippen LogP contribution in [0.3, 0.4) is 0 Å². The molecular formula is C12H16N4O. The zero-order chi connectivity index (χ0) is 12.3. The van der Waals surface area contributed by atoms with E-state index in [-0.39, 0.29) is 11.7 Å². The van der Waals surface area contributed by atoms with Crippen molar-refractivity contribution in [2.45, 2.75) is 12.6 Å². The number of likely N-dealkylation sites (N-methyl/N-ethyl adjacent to an activating group) is 1. The van der Waals surface area contributed by atoms with Gasteiger partial charge in [0.25, 0.3) is 0 Å². The highest BCUT2D eigenvalue weighted by molar-refractivity contribution is 5.18. The molecule has 5 heteroatoms. The average Bonchev–Trinajstić information content (AvgIpc) is 2.68.